The quantitative estimate of drug-likeness (QED) is 0.189. The Morgan fingerprint density at radius 2 is 1.52 bits per heavy atom. The van der Waals surface area contributed by atoms with Gasteiger partial charge in [-0.1, -0.05) is 0 Å². The predicted molar refractivity (Wildman–Crippen MR) is 164 cm³/mol. The molecule has 0 atom stereocenters. The van der Waals surface area contributed by atoms with Crippen molar-refractivity contribution in [1.29, 1.82) is 0 Å². The van der Waals surface area contributed by atoms with Gasteiger partial charge in [-0.25, -0.2) is 30.0 Å². The summed E-state index contributed by atoms with van der Waals surface area (Å²) in [5.74, 6) is 1.21. The predicted octanol–water partition coefficient (Wildman–Crippen LogP) is 3.70. The van der Waals surface area contributed by atoms with E-state index in [4.69, 9.17) is 14.7 Å². The summed E-state index contributed by atoms with van der Waals surface area (Å²) in [6, 6.07) is 14.1. The number of anilines is 4. The van der Waals surface area contributed by atoms with Crippen LogP contribution in [-0.4, -0.2) is 69.2 Å². The number of carbonyl (C=O) groups is 3. The van der Waals surface area contributed by atoms with E-state index in [1.807, 2.05) is 12.3 Å². The second-order valence-electron chi connectivity index (χ2n) is 9.69. The number of pyridine rings is 2. The number of hydrogen-bond acceptors (Lipinski definition) is 9. The number of aldehydes is 1. The van der Waals surface area contributed by atoms with Crippen LogP contribution in [0.4, 0.5) is 32.5 Å². The number of urea groups is 2. The van der Waals surface area contributed by atoms with Crippen LogP contribution >= 0.6 is 0 Å². The number of morpholine rings is 1. The molecule has 5 aromatic rings. The highest BCUT2D eigenvalue weighted by atomic mass is 16.5. The van der Waals surface area contributed by atoms with Crippen LogP contribution in [-0.2, 0) is 16.1 Å². The minimum atomic E-state index is -0.634. The van der Waals surface area contributed by atoms with Crippen molar-refractivity contribution in [3.8, 4) is 11.4 Å². The van der Waals surface area contributed by atoms with Gasteiger partial charge >= 0.3 is 12.1 Å². The van der Waals surface area contributed by atoms with Gasteiger partial charge in [-0.3, -0.25) is 9.97 Å². The maximum Gasteiger partial charge on any atom is 0.345 e. The number of fused-ring (bicyclic) bond motifs is 1. The summed E-state index contributed by atoms with van der Waals surface area (Å²) in [7, 11) is 0. The first-order valence-electron chi connectivity index (χ1n) is 13.8. The summed E-state index contributed by atoms with van der Waals surface area (Å²) < 4.78 is 7.31. The van der Waals surface area contributed by atoms with Crippen LogP contribution in [0.25, 0.3) is 22.4 Å². The highest BCUT2D eigenvalue weighted by Crippen LogP contribution is 2.30. The number of nitrogens with one attached hydrogen (secondary N) is 3. The largest absolute Gasteiger partial charge is 0.378 e. The molecule has 1 aromatic carbocycles. The van der Waals surface area contributed by atoms with Crippen molar-refractivity contribution in [3.63, 3.8) is 0 Å². The van der Waals surface area contributed by atoms with Gasteiger partial charge in [0.05, 0.1) is 30.8 Å². The molecule has 1 aliphatic heterocycles. The number of rotatable bonds is 7. The van der Waals surface area contributed by atoms with Gasteiger partial charge in [0.15, 0.2) is 5.82 Å². The second kappa shape index (κ2) is 13.0. The van der Waals surface area contributed by atoms with Crippen molar-refractivity contribution < 1.29 is 19.1 Å². The Balaban J connectivity index is 1.31. The van der Waals surface area contributed by atoms with Crippen LogP contribution in [0.15, 0.2) is 85.6 Å². The van der Waals surface area contributed by atoms with Gasteiger partial charge in [-0.2, -0.15) is 0 Å². The summed E-state index contributed by atoms with van der Waals surface area (Å²) in [6.07, 6.45) is 8.84. The van der Waals surface area contributed by atoms with Gasteiger partial charge in [0.1, 0.15) is 17.8 Å². The highest BCUT2D eigenvalue weighted by Gasteiger charge is 2.22. The number of benzene rings is 1. The Bertz CT molecular complexity index is 1760. The Labute approximate surface area is 251 Å². The van der Waals surface area contributed by atoms with Crippen molar-refractivity contribution in [1.82, 2.24) is 29.9 Å². The van der Waals surface area contributed by atoms with Crippen LogP contribution in [0.3, 0.4) is 0 Å². The molecule has 14 nitrogen and oxygen atoms in total. The van der Waals surface area contributed by atoms with E-state index in [2.05, 4.69) is 30.9 Å². The first-order chi connectivity index (χ1) is 21.6. The maximum atomic E-state index is 13.4. The van der Waals surface area contributed by atoms with Gasteiger partial charge in [0.2, 0.25) is 0 Å². The average Bonchev–Trinajstić information content (AvgIpc) is 3.47. The zero-order chi connectivity index (χ0) is 30.3. The summed E-state index contributed by atoms with van der Waals surface area (Å²) in [5, 5.41) is 7.38. The number of aromatic nitrogens is 5. The monoisotopic (exact) mass is 592 g/mol. The average molecular weight is 593 g/mol. The van der Waals surface area contributed by atoms with Gasteiger partial charge in [0.25, 0.3) is 0 Å². The molecule has 3 N–H and O–H groups in total. The number of nitrogens with zero attached hydrogens (tertiary/aromatic N) is 7. The first kappa shape index (κ1) is 28.2. The lowest BCUT2D eigenvalue weighted by Crippen LogP contribution is -2.50. The molecule has 0 radical (unpaired) electrons. The van der Waals surface area contributed by atoms with Gasteiger partial charge in [0, 0.05) is 61.0 Å². The van der Waals surface area contributed by atoms with Crippen LogP contribution < -0.4 is 26.0 Å². The standard InChI is InChI=1S/C30H28N10O4/c41-18-15-38-14-9-25-27(38)35-26(36-28(25)39-16-19-44-20-17-39)21-1-3-24(4-2-21)40(30(43)34-23-7-12-32-13-8-23)37-29(42)33-22-5-10-31-11-6-22/h1-14,18H,15-17,19-20H2,(H,32,34,43)(H2,31,33,37,42). The smallest absolute Gasteiger partial charge is 0.345 e. The molecule has 1 saturated heterocycles. The van der Waals surface area contributed by atoms with E-state index in [0.29, 0.717) is 60.4 Å². The molecule has 4 amide bonds. The molecule has 0 unspecified atom stereocenters. The number of hydrazine groups is 1. The fourth-order valence-corrected chi connectivity index (χ4v) is 4.72. The molecule has 44 heavy (non-hydrogen) atoms. The summed E-state index contributed by atoms with van der Waals surface area (Å²) in [5.41, 5.74) is 5.31. The molecule has 0 aliphatic carbocycles. The Kier molecular flexibility index (Phi) is 8.32. The number of carbonyl (C=O) groups excluding carboxylic acids is 3. The molecule has 222 valence electrons. The fraction of sp³-hybridized carbons (Fsp3) is 0.167. The van der Waals surface area contributed by atoms with Gasteiger partial charge in [-0.05, 0) is 54.6 Å². The molecule has 0 spiro atoms. The topological polar surface area (TPSA) is 160 Å². The summed E-state index contributed by atoms with van der Waals surface area (Å²) in [6.45, 7) is 2.69. The number of hydrogen-bond donors (Lipinski definition) is 3. The molecule has 6 rings (SSSR count). The van der Waals surface area contributed by atoms with Crippen molar-refractivity contribution in [2.24, 2.45) is 0 Å². The molecule has 5 heterocycles. The molecule has 0 bridgehead atoms. The van der Waals surface area contributed by atoms with E-state index in [0.717, 1.165) is 22.5 Å². The van der Waals surface area contributed by atoms with Gasteiger partial charge in [-0.15, -0.1) is 0 Å². The van der Waals surface area contributed by atoms with Crippen molar-refractivity contribution in [2.75, 3.05) is 46.8 Å². The second-order valence-corrected chi connectivity index (χ2v) is 9.69. The van der Waals surface area contributed by atoms with E-state index >= 15 is 0 Å². The molecule has 1 aliphatic rings. The summed E-state index contributed by atoms with van der Waals surface area (Å²) in [4.78, 5) is 57.3. The molecular weight excluding hydrogens is 564 g/mol. The molecule has 0 saturated carbocycles. The molecule has 14 heteroatoms. The zero-order valence-corrected chi connectivity index (χ0v) is 23.5. The van der Waals surface area contributed by atoms with Crippen LogP contribution in [0.1, 0.15) is 0 Å². The lowest BCUT2D eigenvalue weighted by Gasteiger charge is -2.28. The zero-order valence-electron chi connectivity index (χ0n) is 23.5. The number of ether oxygens (including phenoxy) is 1. The van der Waals surface area contributed by atoms with Crippen molar-refractivity contribution >= 4 is 52.3 Å². The van der Waals surface area contributed by atoms with Crippen LogP contribution in [0, 0.1) is 0 Å². The van der Waals surface area contributed by atoms with Gasteiger partial charge < -0.3 is 29.6 Å². The minimum absolute atomic E-state index is 0.163. The first-order valence-corrected chi connectivity index (χ1v) is 13.8. The van der Waals surface area contributed by atoms with E-state index in [-0.39, 0.29) is 6.54 Å². The minimum Gasteiger partial charge on any atom is -0.378 e. The normalized spacial score (nSPS) is 12.9. The molecular formula is C30H28N10O4. The van der Waals surface area contributed by atoms with E-state index in [9.17, 15) is 14.4 Å². The van der Waals surface area contributed by atoms with Crippen LogP contribution in [0.2, 0.25) is 0 Å². The van der Waals surface area contributed by atoms with E-state index in [1.165, 1.54) is 0 Å². The Morgan fingerprint density at radius 3 is 2.18 bits per heavy atom. The molecule has 4 aromatic heterocycles. The third kappa shape index (κ3) is 6.29. The third-order valence-corrected chi connectivity index (χ3v) is 6.85. The Hall–Kier alpha value is -5.89. The van der Waals surface area contributed by atoms with Crippen molar-refractivity contribution in [3.05, 3.63) is 85.6 Å². The maximum absolute atomic E-state index is 13.4. The Morgan fingerprint density at radius 1 is 0.864 bits per heavy atom. The van der Waals surface area contributed by atoms with Crippen molar-refractivity contribution in [2.45, 2.75) is 6.54 Å². The van der Waals surface area contributed by atoms with Crippen LogP contribution in [0.5, 0.6) is 0 Å². The number of amides is 4. The third-order valence-electron chi connectivity index (χ3n) is 6.85. The molecule has 1 fully saturated rings. The SMILES string of the molecule is O=CCn1ccc2c(N3CCOCC3)nc(-c3ccc(N(NC(=O)Nc4ccncc4)C(=O)Nc4ccncc4)cc3)nc21. The lowest BCUT2D eigenvalue weighted by molar-refractivity contribution is -0.108. The lowest BCUT2D eigenvalue weighted by atomic mass is 10.2. The van der Waals surface area contributed by atoms with E-state index in [1.54, 1.807) is 77.9 Å². The fourth-order valence-electron chi connectivity index (χ4n) is 4.72. The highest BCUT2D eigenvalue weighted by molar-refractivity contribution is 6.04. The summed E-state index contributed by atoms with van der Waals surface area (Å²) >= 11 is 0. The van der Waals surface area contributed by atoms with E-state index < -0.39 is 12.1 Å².